The van der Waals surface area contributed by atoms with Crippen LogP contribution in [0, 0.1) is 11.6 Å². The molecule has 1 aliphatic heterocycles. The molecule has 1 heterocycles. The number of rotatable bonds is 10. The van der Waals surface area contributed by atoms with Gasteiger partial charge in [0, 0.05) is 32.8 Å². The topological polar surface area (TPSA) is 54.9 Å². The Morgan fingerprint density at radius 3 is 3.00 bits per heavy atom. The minimum absolute atomic E-state index is 0.251. The van der Waals surface area contributed by atoms with E-state index in [0.717, 1.165) is 38.5 Å². The van der Waals surface area contributed by atoms with Crippen LogP contribution < -0.4 is 10.6 Å². The SMILES string of the molecule is CCNC(=NCCCOCC1CCCO1)NCCc1cccc(F)c1F. The van der Waals surface area contributed by atoms with Crippen molar-refractivity contribution in [3.63, 3.8) is 0 Å². The van der Waals surface area contributed by atoms with E-state index in [1.807, 2.05) is 6.92 Å². The number of nitrogens with zero attached hydrogens (tertiary/aromatic N) is 1. The zero-order chi connectivity index (χ0) is 18.6. The van der Waals surface area contributed by atoms with E-state index in [4.69, 9.17) is 9.47 Å². The van der Waals surface area contributed by atoms with Gasteiger partial charge in [-0.2, -0.15) is 0 Å². The smallest absolute Gasteiger partial charge is 0.191 e. The van der Waals surface area contributed by atoms with Crippen LogP contribution in [0.15, 0.2) is 23.2 Å². The van der Waals surface area contributed by atoms with Crippen LogP contribution >= 0.6 is 0 Å². The third-order valence-corrected chi connectivity index (χ3v) is 4.11. The lowest BCUT2D eigenvalue weighted by Gasteiger charge is -2.12. The van der Waals surface area contributed by atoms with E-state index >= 15 is 0 Å². The van der Waals surface area contributed by atoms with Crippen LogP contribution in [0.5, 0.6) is 0 Å². The molecule has 146 valence electrons. The maximum atomic E-state index is 13.6. The number of aliphatic imine (C=N–C) groups is 1. The van der Waals surface area contributed by atoms with Crippen LogP contribution in [-0.2, 0) is 15.9 Å². The molecule has 26 heavy (non-hydrogen) atoms. The summed E-state index contributed by atoms with van der Waals surface area (Å²) < 4.78 is 38.0. The largest absolute Gasteiger partial charge is 0.379 e. The highest BCUT2D eigenvalue weighted by atomic mass is 19.2. The first kappa shape index (κ1) is 20.6. The maximum absolute atomic E-state index is 13.6. The van der Waals surface area contributed by atoms with Crippen molar-refractivity contribution in [3.05, 3.63) is 35.4 Å². The number of hydrogen-bond acceptors (Lipinski definition) is 3. The van der Waals surface area contributed by atoms with Crippen molar-refractivity contribution in [2.75, 3.05) is 39.5 Å². The normalized spacial score (nSPS) is 17.5. The van der Waals surface area contributed by atoms with Gasteiger partial charge in [0.25, 0.3) is 0 Å². The Bertz CT molecular complexity index is 564. The van der Waals surface area contributed by atoms with Gasteiger partial charge in [-0.1, -0.05) is 12.1 Å². The molecule has 2 rings (SSSR count). The second-order valence-corrected chi connectivity index (χ2v) is 6.21. The fourth-order valence-corrected chi connectivity index (χ4v) is 2.75. The Labute approximate surface area is 154 Å². The Morgan fingerprint density at radius 1 is 1.35 bits per heavy atom. The maximum Gasteiger partial charge on any atom is 0.191 e. The Hall–Kier alpha value is -1.73. The predicted molar refractivity (Wildman–Crippen MR) is 98.5 cm³/mol. The molecule has 0 spiro atoms. The monoisotopic (exact) mass is 369 g/mol. The van der Waals surface area contributed by atoms with Crippen molar-refractivity contribution < 1.29 is 18.3 Å². The van der Waals surface area contributed by atoms with E-state index in [1.54, 1.807) is 6.07 Å². The van der Waals surface area contributed by atoms with Crippen molar-refractivity contribution >= 4 is 5.96 Å². The lowest BCUT2D eigenvalue weighted by molar-refractivity contribution is 0.0171. The third kappa shape index (κ3) is 7.25. The first-order chi connectivity index (χ1) is 12.7. The minimum Gasteiger partial charge on any atom is -0.379 e. The van der Waals surface area contributed by atoms with E-state index < -0.39 is 11.6 Å². The zero-order valence-corrected chi connectivity index (χ0v) is 15.4. The van der Waals surface area contributed by atoms with Gasteiger partial charge in [-0.3, -0.25) is 4.99 Å². The van der Waals surface area contributed by atoms with Gasteiger partial charge < -0.3 is 20.1 Å². The van der Waals surface area contributed by atoms with Crippen molar-refractivity contribution in [3.8, 4) is 0 Å². The van der Waals surface area contributed by atoms with Crippen LogP contribution in [0.4, 0.5) is 8.78 Å². The van der Waals surface area contributed by atoms with Gasteiger partial charge in [0.2, 0.25) is 0 Å². The summed E-state index contributed by atoms with van der Waals surface area (Å²) in [5.74, 6) is -0.922. The lowest BCUT2D eigenvalue weighted by atomic mass is 10.1. The second-order valence-electron chi connectivity index (χ2n) is 6.21. The molecule has 0 radical (unpaired) electrons. The summed E-state index contributed by atoms with van der Waals surface area (Å²) in [6.07, 6.45) is 3.66. The summed E-state index contributed by atoms with van der Waals surface area (Å²) in [4.78, 5) is 4.47. The van der Waals surface area contributed by atoms with E-state index in [0.29, 0.717) is 44.2 Å². The quantitative estimate of drug-likeness (QED) is 0.378. The minimum atomic E-state index is -0.814. The average Bonchev–Trinajstić information content (AvgIpc) is 3.15. The van der Waals surface area contributed by atoms with Crippen molar-refractivity contribution in [2.24, 2.45) is 4.99 Å². The van der Waals surface area contributed by atoms with Crippen molar-refractivity contribution in [2.45, 2.75) is 38.7 Å². The van der Waals surface area contributed by atoms with Gasteiger partial charge in [-0.05, 0) is 44.2 Å². The molecule has 5 nitrogen and oxygen atoms in total. The van der Waals surface area contributed by atoms with Gasteiger partial charge in [0.05, 0.1) is 12.7 Å². The number of ether oxygens (including phenoxy) is 2. The molecule has 0 aromatic heterocycles. The lowest BCUT2D eigenvalue weighted by Crippen LogP contribution is -2.38. The summed E-state index contributed by atoms with van der Waals surface area (Å²) in [5.41, 5.74) is 0.357. The molecule has 0 aliphatic carbocycles. The first-order valence-electron chi connectivity index (χ1n) is 9.35. The standard InChI is InChI=1S/C19H29F2N3O2/c1-2-22-19(23-10-5-12-25-14-16-7-4-13-26-16)24-11-9-15-6-3-8-17(20)18(15)21/h3,6,8,16H,2,4-5,7,9-14H2,1H3,(H2,22,23,24). The molecule has 0 saturated carbocycles. The molecule has 1 unspecified atom stereocenters. The predicted octanol–water partition coefficient (Wildman–Crippen LogP) is 2.65. The molecule has 1 fully saturated rings. The van der Waals surface area contributed by atoms with Crippen LogP contribution in [-0.4, -0.2) is 51.5 Å². The van der Waals surface area contributed by atoms with E-state index in [2.05, 4.69) is 15.6 Å². The number of benzene rings is 1. The number of halogens is 2. The van der Waals surface area contributed by atoms with Crippen molar-refractivity contribution in [1.29, 1.82) is 0 Å². The molecule has 1 aromatic carbocycles. The van der Waals surface area contributed by atoms with Gasteiger partial charge in [0.15, 0.2) is 17.6 Å². The molecular weight excluding hydrogens is 340 g/mol. The summed E-state index contributed by atoms with van der Waals surface area (Å²) in [5, 5.41) is 6.28. The Morgan fingerprint density at radius 2 is 2.23 bits per heavy atom. The average molecular weight is 369 g/mol. The highest BCUT2D eigenvalue weighted by Crippen LogP contribution is 2.12. The van der Waals surface area contributed by atoms with Crippen LogP contribution in [0.25, 0.3) is 0 Å². The first-order valence-corrected chi connectivity index (χ1v) is 9.35. The summed E-state index contributed by atoms with van der Waals surface area (Å²) in [7, 11) is 0. The summed E-state index contributed by atoms with van der Waals surface area (Å²) in [6, 6.07) is 4.23. The highest BCUT2D eigenvalue weighted by molar-refractivity contribution is 5.79. The van der Waals surface area contributed by atoms with Gasteiger partial charge in [0.1, 0.15) is 0 Å². The Balaban J connectivity index is 1.64. The summed E-state index contributed by atoms with van der Waals surface area (Å²) in [6.45, 7) is 5.97. The molecule has 1 saturated heterocycles. The number of nitrogens with one attached hydrogen (secondary N) is 2. The second kappa shape index (κ2) is 11.8. The fraction of sp³-hybridized carbons (Fsp3) is 0.632. The molecule has 0 bridgehead atoms. The fourth-order valence-electron chi connectivity index (χ4n) is 2.75. The molecule has 1 aliphatic rings. The highest BCUT2D eigenvalue weighted by Gasteiger charge is 2.14. The van der Waals surface area contributed by atoms with E-state index in [-0.39, 0.29) is 6.10 Å². The Kier molecular flexibility index (Phi) is 9.34. The number of guanidine groups is 1. The van der Waals surface area contributed by atoms with Crippen LogP contribution in [0.1, 0.15) is 31.7 Å². The molecular formula is C19H29F2N3O2. The molecule has 7 heteroatoms. The van der Waals surface area contributed by atoms with E-state index in [1.165, 1.54) is 6.07 Å². The molecule has 2 N–H and O–H groups in total. The number of hydrogen-bond donors (Lipinski definition) is 2. The van der Waals surface area contributed by atoms with Gasteiger partial charge >= 0.3 is 0 Å². The zero-order valence-electron chi connectivity index (χ0n) is 15.4. The van der Waals surface area contributed by atoms with Crippen molar-refractivity contribution in [1.82, 2.24) is 10.6 Å². The van der Waals surface area contributed by atoms with Gasteiger partial charge in [-0.25, -0.2) is 8.78 Å². The summed E-state index contributed by atoms with van der Waals surface area (Å²) >= 11 is 0. The molecule has 1 atom stereocenters. The van der Waals surface area contributed by atoms with Crippen LogP contribution in [0.2, 0.25) is 0 Å². The van der Waals surface area contributed by atoms with Crippen LogP contribution in [0.3, 0.4) is 0 Å². The van der Waals surface area contributed by atoms with Gasteiger partial charge in [-0.15, -0.1) is 0 Å². The molecule has 0 amide bonds. The van der Waals surface area contributed by atoms with E-state index in [9.17, 15) is 8.78 Å². The molecule has 1 aromatic rings. The third-order valence-electron chi connectivity index (χ3n) is 4.11.